The van der Waals surface area contributed by atoms with Gasteiger partial charge in [0.25, 0.3) is 5.56 Å². The van der Waals surface area contributed by atoms with Gasteiger partial charge in [-0.2, -0.15) is 5.10 Å². The molecule has 0 atom stereocenters. The van der Waals surface area contributed by atoms with Crippen LogP contribution in [-0.4, -0.2) is 21.5 Å². The zero-order chi connectivity index (χ0) is 16.7. The fourth-order valence-electron chi connectivity index (χ4n) is 2.82. The minimum absolute atomic E-state index is 0.270. The molecule has 5 nitrogen and oxygen atoms in total. The summed E-state index contributed by atoms with van der Waals surface area (Å²) in [6, 6.07) is 7.61. The molecule has 2 heterocycles. The minimum atomic E-state index is -0.270. The molecular formula is C17H16ClN3O2. The molecule has 6 heteroatoms. The standard InChI is InChI=1S/C17H16ClN3O2/c1-5-12-14(18)11-8-6-7-9-13(11)21(12)15-16(23-4)10(2)19-20(3)17(15)22/h5-9H,1H2,2-4H3. The molecule has 0 aliphatic rings. The summed E-state index contributed by atoms with van der Waals surface area (Å²) in [5.41, 5.74) is 2.18. The smallest absolute Gasteiger partial charge is 0.294 e. The number of hydrogen-bond acceptors (Lipinski definition) is 3. The molecule has 0 saturated carbocycles. The van der Waals surface area contributed by atoms with Gasteiger partial charge in [-0.05, 0) is 19.1 Å². The highest BCUT2D eigenvalue weighted by Crippen LogP contribution is 2.35. The average molecular weight is 330 g/mol. The Hall–Kier alpha value is -2.53. The number of rotatable bonds is 3. The van der Waals surface area contributed by atoms with Gasteiger partial charge in [-0.1, -0.05) is 36.4 Å². The van der Waals surface area contributed by atoms with E-state index in [-0.39, 0.29) is 5.56 Å². The fraction of sp³-hybridized carbons (Fsp3) is 0.176. The number of hydrogen-bond donors (Lipinski definition) is 0. The van der Waals surface area contributed by atoms with Crippen molar-refractivity contribution >= 4 is 28.6 Å². The summed E-state index contributed by atoms with van der Waals surface area (Å²) in [6.07, 6.45) is 1.64. The Labute approximate surface area is 138 Å². The number of aryl methyl sites for hydroxylation is 2. The lowest BCUT2D eigenvalue weighted by atomic mass is 10.2. The van der Waals surface area contributed by atoms with Crippen LogP contribution in [0.3, 0.4) is 0 Å². The normalized spacial score (nSPS) is 11.0. The van der Waals surface area contributed by atoms with Crippen molar-refractivity contribution in [2.24, 2.45) is 7.05 Å². The SMILES string of the molecule is C=Cc1c(Cl)c2ccccc2n1-c1c(OC)c(C)nn(C)c1=O. The van der Waals surface area contributed by atoms with Crippen molar-refractivity contribution in [3.05, 3.63) is 57.6 Å². The third kappa shape index (κ3) is 2.16. The predicted molar refractivity (Wildman–Crippen MR) is 92.7 cm³/mol. The van der Waals surface area contributed by atoms with E-state index < -0.39 is 0 Å². The highest BCUT2D eigenvalue weighted by molar-refractivity contribution is 6.37. The molecule has 0 radical (unpaired) electrons. The van der Waals surface area contributed by atoms with Gasteiger partial charge in [-0.3, -0.25) is 4.79 Å². The van der Waals surface area contributed by atoms with Crippen molar-refractivity contribution in [3.63, 3.8) is 0 Å². The minimum Gasteiger partial charge on any atom is -0.492 e. The Morgan fingerprint density at radius 2 is 2.04 bits per heavy atom. The highest BCUT2D eigenvalue weighted by Gasteiger charge is 2.22. The summed E-state index contributed by atoms with van der Waals surface area (Å²) < 4.78 is 8.52. The first kappa shape index (κ1) is 15.4. The summed E-state index contributed by atoms with van der Waals surface area (Å²) in [5, 5.41) is 5.58. The molecule has 118 valence electrons. The van der Waals surface area contributed by atoms with E-state index in [0.717, 1.165) is 10.9 Å². The van der Waals surface area contributed by atoms with Crippen LogP contribution >= 0.6 is 11.6 Å². The van der Waals surface area contributed by atoms with Crippen LogP contribution in [0.5, 0.6) is 5.75 Å². The van der Waals surface area contributed by atoms with Gasteiger partial charge in [0.1, 0.15) is 5.69 Å². The zero-order valence-electron chi connectivity index (χ0n) is 13.1. The highest BCUT2D eigenvalue weighted by atomic mass is 35.5. The number of fused-ring (bicyclic) bond motifs is 1. The van der Waals surface area contributed by atoms with E-state index in [1.807, 2.05) is 24.3 Å². The van der Waals surface area contributed by atoms with Gasteiger partial charge in [-0.25, -0.2) is 4.68 Å². The van der Waals surface area contributed by atoms with Crippen LogP contribution in [-0.2, 0) is 7.05 Å². The Bertz CT molecular complexity index is 986. The molecular weight excluding hydrogens is 314 g/mol. The lowest BCUT2D eigenvalue weighted by Gasteiger charge is -2.15. The first-order valence-corrected chi connectivity index (χ1v) is 7.42. The maximum Gasteiger partial charge on any atom is 0.294 e. The number of para-hydroxylation sites is 1. The van der Waals surface area contributed by atoms with Crippen molar-refractivity contribution in [3.8, 4) is 11.4 Å². The third-order valence-corrected chi connectivity index (χ3v) is 4.21. The summed E-state index contributed by atoms with van der Waals surface area (Å²) >= 11 is 6.48. The van der Waals surface area contributed by atoms with Crippen LogP contribution in [0.4, 0.5) is 0 Å². The molecule has 0 aliphatic carbocycles. The van der Waals surface area contributed by atoms with Crippen LogP contribution in [0.15, 0.2) is 35.6 Å². The van der Waals surface area contributed by atoms with Crippen molar-refractivity contribution < 1.29 is 4.74 Å². The molecule has 0 amide bonds. The molecule has 0 bridgehead atoms. The van der Waals surface area contributed by atoms with Gasteiger partial charge in [-0.15, -0.1) is 0 Å². The average Bonchev–Trinajstić information content (AvgIpc) is 2.83. The number of ether oxygens (including phenoxy) is 1. The first-order valence-electron chi connectivity index (χ1n) is 7.05. The number of methoxy groups -OCH3 is 1. The second-order valence-corrected chi connectivity index (χ2v) is 5.53. The molecule has 3 aromatic rings. The fourth-order valence-corrected chi connectivity index (χ4v) is 3.14. The number of halogens is 1. The summed E-state index contributed by atoms with van der Waals surface area (Å²) in [4.78, 5) is 12.7. The predicted octanol–water partition coefficient (Wildman–Crippen LogP) is 3.34. The maximum absolute atomic E-state index is 12.7. The van der Waals surface area contributed by atoms with Gasteiger partial charge in [0, 0.05) is 12.4 Å². The molecule has 0 aliphatic heterocycles. The van der Waals surface area contributed by atoms with Gasteiger partial charge < -0.3 is 9.30 Å². The first-order chi connectivity index (χ1) is 11.0. The molecule has 0 spiro atoms. The summed E-state index contributed by atoms with van der Waals surface area (Å²) in [7, 11) is 3.13. The Morgan fingerprint density at radius 3 is 2.70 bits per heavy atom. The third-order valence-electron chi connectivity index (χ3n) is 3.81. The number of nitrogens with zero attached hydrogens (tertiary/aromatic N) is 3. The van der Waals surface area contributed by atoms with Crippen LogP contribution in [0.2, 0.25) is 5.02 Å². The van der Waals surface area contributed by atoms with Gasteiger partial charge in [0.05, 0.1) is 23.3 Å². The molecule has 23 heavy (non-hydrogen) atoms. The van der Waals surface area contributed by atoms with E-state index in [1.165, 1.54) is 11.8 Å². The van der Waals surface area contributed by atoms with E-state index in [4.69, 9.17) is 16.3 Å². The van der Waals surface area contributed by atoms with Crippen LogP contribution < -0.4 is 10.3 Å². The van der Waals surface area contributed by atoms with E-state index >= 15 is 0 Å². The Morgan fingerprint density at radius 1 is 1.35 bits per heavy atom. The molecule has 0 fully saturated rings. The number of aromatic nitrogens is 3. The van der Waals surface area contributed by atoms with Crippen molar-refractivity contribution in [1.82, 2.24) is 14.3 Å². The van der Waals surface area contributed by atoms with Crippen molar-refractivity contribution in [2.45, 2.75) is 6.92 Å². The Balaban J connectivity index is 2.57. The van der Waals surface area contributed by atoms with Gasteiger partial charge in [0.15, 0.2) is 11.4 Å². The quantitative estimate of drug-likeness (QED) is 0.740. The molecule has 0 saturated heterocycles. The maximum atomic E-state index is 12.7. The lowest BCUT2D eigenvalue weighted by molar-refractivity contribution is 0.401. The van der Waals surface area contributed by atoms with Crippen molar-refractivity contribution in [1.29, 1.82) is 0 Å². The molecule has 3 rings (SSSR count). The van der Waals surface area contributed by atoms with Gasteiger partial charge in [0.2, 0.25) is 0 Å². The van der Waals surface area contributed by atoms with Crippen molar-refractivity contribution in [2.75, 3.05) is 7.11 Å². The molecule has 0 unspecified atom stereocenters. The number of benzene rings is 1. The van der Waals surface area contributed by atoms with E-state index in [2.05, 4.69) is 11.7 Å². The van der Waals surface area contributed by atoms with Crippen LogP contribution in [0.1, 0.15) is 11.4 Å². The second-order valence-electron chi connectivity index (χ2n) is 5.15. The van der Waals surface area contributed by atoms with Gasteiger partial charge >= 0.3 is 0 Å². The second kappa shape index (κ2) is 5.59. The molecule has 0 N–H and O–H groups in total. The van der Waals surface area contributed by atoms with Crippen LogP contribution in [0.25, 0.3) is 22.7 Å². The lowest BCUT2D eigenvalue weighted by Crippen LogP contribution is -2.26. The topological polar surface area (TPSA) is 49.0 Å². The van der Waals surface area contributed by atoms with E-state index in [9.17, 15) is 4.79 Å². The zero-order valence-corrected chi connectivity index (χ0v) is 13.9. The largest absolute Gasteiger partial charge is 0.492 e. The van der Waals surface area contributed by atoms with Crippen LogP contribution in [0, 0.1) is 6.92 Å². The summed E-state index contributed by atoms with van der Waals surface area (Å²) in [5.74, 6) is 0.425. The monoisotopic (exact) mass is 329 g/mol. The van der Waals surface area contributed by atoms with E-state index in [0.29, 0.717) is 27.8 Å². The molecule has 2 aromatic heterocycles. The van der Waals surface area contributed by atoms with E-state index in [1.54, 1.807) is 24.6 Å². The Kier molecular flexibility index (Phi) is 3.74. The summed E-state index contributed by atoms with van der Waals surface area (Å²) in [6.45, 7) is 5.63. The molecule has 1 aromatic carbocycles.